The second-order valence-electron chi connectivity index (χ2n) is 4.72. The molecule has 0 spiro atoms. The molecule has 4 nitrogen and oxygen atoms in total. The molecule has 0 aliphatic heterocycles. The average Bonchev–Trinajstić information content (AvgIpc) is 2.19. The van der Waals surface area contributed by atoms with E-state index in [1.54, 1.807) is 12.3 Å². The molecule has 0 saturated heterocycles. The summed E-state index contributed by atoms with van der Waals surface area (Å²) in [5.74, 6) is 0.174. The Morgan fingerprint density at radius 3 is 2.62 bits per heavy atom. The molecule has 16 heavy (non-hydrogen) atoms. The van der Waals surface area contributed by atoms with E-state index in [4.69, 9.17) is 5.26 Å². The Balaban J connectivity index is 2.99. The minimum atomic E-state index is -0.501. The van der Waals surface area contributed by atoms with Gasteiger partial charge in [-0.2, -0.15) is 5.26 Å². The van der Waals surface area contributed by atoms with Crippen molar-refractivity contribution in [1.29, 1.82) is 5.26 Å². The highest BCUT2D eigenvalue weighted by atomic mass is 16.2. The zero-order valence-corrected chi connectivity index (χ0v) is 9.96. The molecule has 1 rings (SSSR count). The van der Waals surface area contributed by atoms with Crippen molar-refractivity contribution in [3.8, 4) is 6.07 Å². The Morgan fingerprint density at radius 1 is 1.50 bits per heavy atom. The predicted molar refractivity (Wildman–Crippen MR) is 61.8 cm³/mol. The molecular weight excluding hydrogens is 202 g/mol. The molecule has 0 unspecified atom stereocenters. The second kappa shape index (κ2) is 4.31. The summed E-state index contributed by atoms with van der Waals surface area (Å²) in [7, 11) is 0. The van der Waals surface area contributed by atoms with Gasteiger partial charge in [-0.15, -0.1) is 0 Å². The van der Waals surface area contributed by atoms with Crippen LogP contribution in [0.3, 0.4) is 0 Å². The molecule has 1 aromatic rings. The summed E-state index contributed by atoms with van der Waals surface area (Å²) < 4.78 is 0. The van der Waals surface area contributed by atoms with Crippen LogP contribution in [0.1, 0.15) is 31.9 Å². The number of aromatic nitrogens is 1. The molecule has 1 heterocycles. The molecule has 1 N–H and O–H groups in total. The van der Waals surface area contributed by atoms with E-state index in [0.29, 0.717) is 11.4 Å². The number of nitriles is 1. The van der Waals surface area contributed by atoms with Gasteiger partial charge in [0.25, 0.3) is 0 Å². The van der Waals surface area contributed by atoms with E-state index in [2.05, 4.69) is 10.3 Å². The van der Waals surface area contributed by atoms with E-state index in [0.717, 1.165) is 5.56 Å². The van der Waals surface area contributed by atoms with Gasteiger partial charge in [0.1, 0.15) is 11.9 Å². The molecule has 0 saturated carbocycles. The summed E-state index contributed by atoms with van der Waals surface area (Å²) in [6.45, 7) is 7.27. The number of carbonyl (C=O) groups is 1. The Hall–Kier alpha value is -1.89. The quantitative estimate of drug-likeness (QED) is 0.784. The van der Waals surface area contributed by atoms with Crippen LogP contribution in [0.4, 0.5) is 5.82 Å². The molecule has 1 amide bonds. The van der Waals surface area contributed by atoms with Crippen molar-refractivity contribution in [2.75, 3.05) is 5.32 Å². The fourth-order valence-electron chi connectivity index (χ4n) is 1.05. The van der Waals surface area contributed by atoms with Gasteiger partial charge in [0, 0.05) is 11.6 Å². The van der Waals surface area contributed by atoms with Crippen LogP contribution in [-0.2, 0) is 4.79 Å². The van der Waals surface area contributed by atoms with E-state index < -0.39 is 5.41 Å². The normalized spacial score (nSPS) is 10.7. The largest absolute Gasteiger partial charge is 0.309 e. The van der Waals surface area contributed by atoms with Gasteiger partial charge >= 0.3 is 0 Å². The predicted octanol–water partition coefficient (Wildman–Crippen LogP) is 2.25. The van der Waals surface area contributed by atoms with E-state index >= 15 is 0 Å². The van der Waals surface area contributed by atoms with Crippen LogP contribution in [-0.4, -0.2) is 10.9 Å². The van der Waals surface area contributed by atoms with Gasteiger partial charge < -0.3 is 5.32 Å². The fraction of sp³-hybridized carbons (Fsp3) is 0.417. The van der Waals surface area contributed by atoms with Crippen LogP contribution < -0.4 is 5.32 Å². The van der Waals surface area contributed by atoms with Gasteiger partial charge in [0.2, 0.25) is 5.91 Å². The molecule has 0 aromatic carbocycles. The summed E-state index contributed by atoms with van der Waals surface area (Å²) in [4.78, 5) is 15.8. The lowest BCUT2D eigenvalue weighted by atomic mass is 9.95. The number of carbonyl (C=O) groups excluding carboxylic acids is 1. The summed E-state index contributed by atoms with van der Waals surface area (Å²) >= 11 is 0. The van der Waals surface area contributed by atoms with E-state index in [1.165, 1.54) is 0 Å². The third-order valence-electron chi connectivity index (χ3n) is 2.06. The molecule has 84 valence electrons. The number of rotatable bonds is 1. The zero-order chi connectivity index (χ0) is 12.3. The van der Waals surface area contributed by atoms with Gasteiger partial charge in [-0.25, -0.2) is 4.98 Å². The highest BCUT2D eigenvalue weighted by Crippen LogP contribution is 2.18. The van der Waals surface area contributed by atoms with Gasteiger partial charge in [-0.1, -0.05) is 20.8 Å². The average molecular weight is 217 g/mol. The number of aryl methyl sites for hydroxylation is 1. The van der Waals surface area contributed by atoms with Crippen LogP contribution in [0, 0.1) is 23.7 Å². The number of nitrogens with one attached hydrogen (secondary N) is 1. The first-order chi connectivity index (χ1) is 7.34. The number of pyridine rings is 1. The Morgan fingerprint density at radius 2 is 2.12 bits per heavy atom. The van der Waals surface area contributed by atoms with Gasteiger partial charge in [-0.3, -0.25) is 4.79 Å². The van der Waals surface area contributed by atoms with Gasteiger partial charge in [0.05, 0.1) is 5.56 Å². The number of hydrogen-bond acceptors (Lipinski definition) is 3. The topological polar surface area (TPSA) is 65.8 Å². The fourth-order valence-corrected chi connectivity index (χ4v) is 1.05. The van der Waals surface area contributed by atoms with Crippen molar-refractivity contribution in [2.24, 2.45) is 5.41 Å². The zero-order valence-electron chi connectivity index (χ0n) is 9.96. The van der Waals surface area contributed by atoms with Crippen molar-refractivity contribution < 1.29 is 4.79 Å². The Labute approximate surface area is 95.3 Å². The minimum absolute atomic E-state index is 0.152. The molecule has 0 radical (unpaired) electrons. The molecule has 0 bridgehead atoms. The summed E-state index contributed by atoms with van der Waals surface area (Å²) in [5.41, 5.74) is 0.780. The van der Waals surface area contributed by atoms with Crippen LogP contribution in [0.2, 0.25) is 0 Å². The number of anilines is 1. The van der Waals surface area contributed by atoms with Crippen LogP contribution in [0.5, 0.6) is 0 Å². The maximum Gasteiger partial charge on any atom is 0.230 e. The van der Waals surface area contributed by atoms with Crippen LogP contribution in [0.15, 0.2) is 12.3 Å². The summed E-state index contributed by atoms with van der Waals surface area (Å²) in [6, 6.07) is 3.72. The van der Waals surface area contributed by atoms with E-state index in [-0.39, 0.29) is 5.91 Å². The van der Waals surface area contributed by atoms with Gasteiger partial charge in [0.15, 0.2) is 0 Å². The first kappa shape index (κ1) is 12.2. The highest BCUT2D eigenvalue weighted by Gasteiger charge is 2.22. The lowest BCUT2D eigenvalue weighted by Crippen LogP contribution is -2.28. The first-order valence-corrected chi connectivity index (χ1v) is 5.03. The van der Waals surface area contributed by atoms with Crippen molar-refractivity contribution >= 4 is 11.7 Å². The molecule has 0 aliphatic rings. The lowest BCUT2D eigenvalue weighted by molar-refractivity contribution is -0.123. The number of nitrogens with zero attached hydrogens (tertiary/aromatic N) is 2. The molecule has 0 atom stereocenters. The van der Waals surface area contributed by atoms with Crippen LogP contribution in [0.25, 0.3) is 0 Å². The summed E-state index contributed by atoms with van der Waals surface area (Å²) in [6.07, 6.45) is 1.62. The molecule has 4 heteroatoms. The molecule has 0 fully saturated rings. The lowest BCUT2D eigenvalue weighted by Gasteiger charge is -2.17. The monoisotopic (exact) mass is 217 g/mol. The standard InChI is InChI=1S/C12H15N3O/c1-8-5-9(6-13)10(14-7-8)15-11(16)12(2,3)4/h5,7H,1-4H3,(H,14,15,16). The van der Waals surface area contributed by atoms with Crippen molar-refractivity contribution in [3.63, 3.8) is 0 Å². The number of amides is 1. The maximum atomic E-state index is 11.7. The van der Waals surface area contributed by atoms with Crippen molar-refractivity contribution in [3.05, 3.63) is 23.4 Å². The smallest absolute Gasteiger partial charge is 0.230 e. The molecule has 0 aliphatic carbocycles. The van der Waals surface area contributed by atoms with Crippen molar-refractivity contribution in [2.45, 2.75) is 27.7 Å². The SMILES string of the molecule is Cc1cnc(NC(=O)C(C)(C)C)c(C#N)c1. The Bertz CT molecular complexity index is 452. The second-order valence-corrected chi connectivity index (χ2v) is 4.72. The highest BCUT2D eigenvalue weighted by molar-refractivity contribution is 5.94. The Kier molecular flexibility index (Phi) is 3.28. The van der Waals surface area contributed by atoms with Crippen molar-refractivity contribution in [1.82, 2.24) is 4.98 Å². The summed E-state index contributed by atoms with van der Waals surface area (Å²) in [5, 5.41) is 11.6. The number of hydrogen-bond donors (Lipinski definition) is 1. The van der Waals surface area contributed by atoms with Crippen LogP contribution >= 0.6 is 0 Å². The maximum absolute atomic E-state index is 11.7. The third kappa shape index (κ3) is 2.80. The van der Waals surface area contributed by atoms with E-state index in [9.17, 15) is 4.79 Å². The van der Waals surface area contributed by atoms with Gasteiger partial charge in [-0.05, 0) is 18.6 Å². The van der Waals surface area contributed by atoms with E-state index in [1.807, 2.05) is 33.8 Å². The first-order valence-electron chi connectivity index (χ1n) is 5.03. The third-order valence-corrected chi connectivity index (χ3v) is 2.06. The molecule has 1 aromatic heterocycles. The molecular formula is C12H15N3O. The minimum Gasteiger partial charge on any atom is -0.309 e.